The molecule has 0 bridgehead atoms. The van der Waals surface area contributed by atoms with E-state index < -0.39 is 0 Å². The van der Waals surface area contributed by atoms with Crippen LogP contribution in [-0.2, 0) is 0 Å². The maximum atomic E-state index is 12.1. The number of amides is 1. The van der Waals surface area contributed by atoms with Gasteiger partial charge < -0.3 is 14.8 Å². The lowest BCUT2D eigenvalue weighted by Crippen LogP contribution is -2.28. The average Bonchev–Trinajstić information content (AvgIpc) is 2.56. The normalized spacial score (nSPS) is 10.3. The van der Waals surface area contributed by atoms with Crippen molar-refractivity contribution in [3.05, 3.63) is 57.6 Å². The Morgan fingerprint density at radius 2 is 1.88 bits per heavy atom. The molecule has 0 aliphatic rings. The van der Waals surface area contributed by atoms with Gasteiger partial charge in [0.25, 0.3) is 5.91 Å². The second-order valence-electron chi connectivity index (χ2n) is 5.09. The van der Waals surface area contributed by atoms with Crippen molar-refractivity contribution < 1.29 is 14.3 Å². The minimum atomic E-state index is -0.217. The van der Waals surface area contributed by atoms with Crippen LogP contribution in [0, 0.1) is 6.92 Å². The van der Waals surface area contributed by atoms with E-state index in [9.17, 15) is 4.79 Å². The van der Waals surface area contributed by atoms with Crippen molar-refractivity contribution >= 4 is 29.1 Å². The number of hydrogen-bond acceptors (Lipinski definition) is 3. The van der Waals surface area contributed by atoms with E-state index in [0.29, 0.717) is 46.9 Å². The molecule has 128 valence electrons. The van der Waals surface area contributed by atoms with Gasteiger partial charge in [0.05, 0.1) is 18.2 Å². The number of nitrogens with one attached hydrogen (secondary N) is 1. The van der Waals surface area contributed by atoms with Gasteiger partial charge >= 0.3 is 0 Å². The van der Waals surface area contributed by atoms with Gasteiger partial charge in [-0.25, -0.2) is 0 Å². The van der Waals surface area contributed by atoms with Crippen LogP contribution in [0.4, 0.5) is 0 Å². The van der Waals surface area contributed by atoms with Gasteiger partial charge in [0.15, 0.2) is 0 Å². The van der Waals surface area contributed by atoms with E-state index in [-0.39, 0.29) is 5.91 Å². The molecule has 0 radical (unpaired) electrons. The van der Waals surface area contributed by atoms with Gasteiger partial charge in [-0.05, 0) is 49.7 Å². The van der Waals surface area contributed by atoms with Crippen molar-refractivity contribution in [1.29, 1.82) is 0 Å². The van der Waals surface area contributed by atoms with Gasteiger partial charge in [0.1, 0.15) is 18.1 Å². The Kier molecular flexibility index (Phi) is 6.76. The van der Waals surface area contributed by atoms with Crippen molar-refractivity contribution in [1.82, 2.24) is 5.32 Å². The van der Waals surface area contributed by atoms with Crippen molar-refractivity contribution in [2.75, 3.05) is 19.8 Å². The highest BCUT2D eigenvalue weighted by Gasteiger charge is 2.09. The zero-order valence-corrected chi connectivity index (χ0v) is 15.1. The molecule has 0 spiro atoms. The van der Waals surface area contributed by atoms with Crippen molar-refractivity contribution in [2.24, 2.45) is 0 Å². The molecule has 2 aromatic carbocycles. The van der Waals surface area contributed by atoms with Gasteiger partial charge in [-0.3, -0.25) is 4.79 Å². The average molecular weight is 368 g/mol. The Morgan fingerprint density at radius 3 is 2.54 bits per heavy atom. The van der Waals surface area contributed by atoms with Crippen LogP contribution >= 0.6 is 23.2 Å². The maximum absolute atomic E-state index is 12.1. The molecule has 4 nitrogen and oxygen atoms in total. The van der Waals surface area contributed by atoms with Crippen LogP contribution in [0.5, 0.6) is 11.5 Å². The lowest BCUT2D eigenvalue weighted by molar-refractivity contribution is 0.0947. The number of halogens is 2. The molecule has 0 fully saturated rings. The molecule has 0 aliphatic heterocycles. The standard InChI is InChI=1S/C18H19Cl2NO3/c1-3-23-17-7-5-13(10-16(17)20)18(22)21-8-9-24-14-6-4-12(2)15(19)11-14/h4-7,10-11H,3,8-9H2,1-2H3,(H,21,22). The van der Waals surface area contributed by atoms with Crippen molar-refractivity contribution in [3.63, 3.8) is 0 Å². The van der Waals surface area contributed by atoms with Gasteiger partial charge in [-0.2, -0.15) is 0 Å². The number of rotatable bonds is 7. The number of benzene rings is 2. The molecule has 1 N–H and O–H groups in total. The predicted octanol–water partition coefficient (Wildman–Crippen LogP) is 4.51. The van der Waals surface area contributed by atoms with Crippen LogP contribution < -0.4 is 14.8 Å². The first-order valence-corrected chi connectivity index (χ1v) is 8.36. The Hall–Kier alpha value is -1.91. The summed E-state index contributed by atoms with van der Waals surface area (Å²) in [6.45, 7) is 5.03. The number of carbonyl (C=O) groups is 1. The van der Waals surface area contributed by atoms with Gasteiger partial charge in [-0.15, -0.1) is 0 Å². The summed E-state index contributed by atoms with van der Waals surface area (Å²) in [6.07, 6.45) is 0. The third-order valence-electron chi connectivity index (χ3n) is 3.29. The number of aryl methyl sites for hydroxylation is 1. The summed E-state index contributed by atoms with van der Waals surface area (Å²) >= 11 is 12.1. The Bertz CT molecular complexity index is 719. The summed E-state index contributed by atoms with van der Waals surface area (Å²) in [5.41, 5.74) is 1.46. The fourth-order valence-corrected chi connectivity index (χ4v) is 2.42. The van der Waals surface area contributed by atoms with Crippen LogP contribution in [0.1, 0.15) is 22.8 Å². The van der Waals surface area contributed by atoms with Crippen molar-refractivity contribution in [2.45, 2.75) is 13.8 Å². The topological polar surface area (TPSA) is 47.6 Å². The summed E-state index contributed by atoms with van der Waals surface area (Å²) in [5, 5.41) is 3.84. The zero-order chi connectivity index (χ0) is 17.5. The summed E-state index contributed by atoms with van der Waals surface area (Å²) < 4.78 is 10.9. The summed E-state index contributed by atoms with van der Waals surface area (Å²) in [6, 6.07) is 10.4. The van der Waals surface area contributed by atoms with E-state index in [4.69, 9.17) is 32.7 Å². The third-order valence-corrected chi connectivity index (χ3v) is 4.00. The largest absolute Gasteiger partial charge is 0.492 e. The van der Waals surface area contributed by atoms with E-state index >= 15 is 0 Å². The van der Waals surface area contributed by atoms with Crippen LogP contribution in [0.25, 0.3) is 0 Å². The summed E-state index contributed by atoms with van der Waals surface area (Å²) in [5.74, 6) is 1.02. The van der Waals surface area contributed by atoms with Crippen LogP contribution in [0.2, 0.25) is 10.0 Å². The Labute approximate surface area is 151 Å². The molecule has 1 amide bonds. The molecule has 0 atom stereocenters. The second kappa shape index (κ2) is 8.81. The fraction of sp³-hybridized carbons (Fsp3) is 0.278. The van der Waals surface area contributed by atoms with Gasteiger partial charge in [0, 0.05) is 10.6 Å². The maximum Gasteiger partial charge on any atom is 0.251 e. The minimum Gasteiger partial charge on any atom is -0.492 e. The molecule has 6 heteroatoms. The van der Waals surface area contributed by atoms with Gasteiger partial charge in [-0.1, -0.05) is 29.3 Å². The SMILES string of the molecule is CCOc1ccc(C(=O)NCCOc2ccc(C)c(Cl)c2)cc1Cl. The lowest BCUT2D eigenvalue weighted by atomic mass is 10.2. The smallest absolute Gasteiger partial charge is 0.251 e. The zero-order valence-electron chi connectivity index (χ0n) is 13.6. The van der Waals surface area contributed by atoms with Gasteiger partial charge in [0.2, 0.25) is 0 Å². The molecular formula is C18H19Cl2NO3. The summed E-state index contributed by atoms with van der Waals surface area (Å²) in [7, 11) is 0. The van der Waals surface area contributed by atoms with E-state index in [2.05, 4.69) is 5.32 Å². The molecule has 0 heterocycles. The number of ether oxygens (including phenoxy) is 2. The quantitative estimate of drug-likeness (QED) is 0.732. The number of carbonyl (C=O) groups excluding carboxylic acids is 1. The molecular weight excluding hydrogens is 349 g/mol. The van der Waals surface area contributed by atoms with E-state index in [0.717, 1.165) is 5.56 Å². The molecule has 24 heavy (non-hydrogen) atoms. The first kappa shape index (κ1) is 18.4. The fourth-order valence-electron chi connectivity index (χ4n) is 2.01. The highest BCUT2D eigenvalue weighted by Crippen LogP contribution is 2.25. The summed E-state index contributed by atoms with van der Waals surface area (Å²) in [4.78, 5) is 12.1. The van der Waals surface area contributed by atoms with Crippen LogP contribution in [0.3, 0.4) is 0 Å². The Morgan fingerprint density at radius 1 is 1.08 bits per heavy atom. The first-order chi connectivity index (χ1) is 11.5. The third kappa shape index (κ3) is 5.05. The molecule has 2 rings (SSSR count). The molecule has 2 aromatic rings. The molecule has 0 aromatic heterocycles. The minimum absolute atomic E-state index is 0.217. The monoisotopic (exact) mass is 367 g/mol. The van der Waals surface area contributed by atoms with Crippen LogP contribution in [0.15, 0.2) is 36.4 Å². The van der Waals surface area contributed by atoms with Crippen molar-refractivity contribution in [3.8, 4) is 11.5 Å². The molecule has 0 unspecified atom stereocenters. The van der Waals surface area contributed by atoms with E-state index in [1.165, 1.54) is 0 Å². The van der Waals surface area contributed by atoms with E-state index in [1.54, 1.807) is 24.3 Å². The van der Waals surface area contributed by atoms with E-state index in [1.807, 2.05) is 26.0 Å². The Balaban J connectivity index is 1.82. The first-order valence-electron chi connectivity index (χ1n) is 7.60. The highest BCUT2D eigenvalue weighted by molar-refractivity contribution is 6.32. The lowest BCUT2D eigenvalue weighted by Gasteiger charge is -2.10. The molecule has 0 saturated carbocycles. The van der Waals surface area contributed by atoms with Crippen LogP contribution in [-0.4, -0.2) is 25.7 Å². The molecule has 0 aliphatic carbocycles. The second-order valence-corrected chi connectivity index (χ2v) is 5.91. The number of hydrogen-bond donors (Lipinski definition) is 1. The predicted molar refractivity (Wildman–Crippen MR) is 96.6 cm³/mol. The molecule has 0 saturated heterocycles. The highest BCUT2D eigenvalue weighted by atomic mass is 35.5.